The number of methoxy groups -OCH3 is 1. The summed E-state index contributed by atoms with van der Waals surface area (Å²) in [6.07, 6.45) is -13.8. The van der Waals surface area contributed by atoms with Gasteiger partial charge in [-0.25, -0.2) is 9.48 Å². The number of aromatic nitrogens is 3. The van der Waals surface area contributed by atoms with Gasteiger partial charge in [0, 0.05) is 23.6 Å². The van der Waals surface area contributed by atoms with Crippen LogP contribution in [0.5, 0.6) is 0 Å². The zero-order valence-electron chi connectivity index (χ0n) is 22.8. The van der Waals surface area contributed by atoms with Crippen LogP contribution in [0.3, 0.4) is 0 Å². The van der Waals surface area contributed by atoms with Crippen molar-refractivity contribution in [3.8, 4) is 11.4 Å². The van der Waals surface area contributed by atoms with Gasteiger partial charge in [0.25, 0.3) is 0 Å². The minimum Gasteiger partial charge on any atom is -0.469 e. The normalized spacial score (nSPS) is 13.3. The summed E-state index contributed by atoms with van der Waals surface area (Å²) in [7, 11) is 1.11. The number of halogens is 7. The number of nitrogens with zero attached hydrogens (tertiary/aromatic N) is 3. The second-order valence-electron chi connectivity index (χ2n) is 9.47. The number of ketones is 1. The van der Waals surface area contributed by atoms with Crippen LogP contribution >= 0.6 is 11.6 Å². The van der Waals surface area contributed by atoms with Crippen molar-refractivity contribution in [2.45, 2.75) is 50.3 Å². The van der Waals surface area contributed by atoms with Gasteiger partial charge >= 0.3 is 24.0 Å². The number of hydrogen-bond donors (Lipinski definition) is 2. The van der Waals surface area contributed by atoms with Crippen LogP contribution < -0.4 is 11.0 Å². The average molecular weight is 651 g/mol. The maximum atomic E-state index is 13.4. The first-order chi connectivity index (χ1) is 20.5. The molecule has 2 atom stereocenters. The van der Waals surface area contributed by atoms with Gasteiger partial charge in [-0.2, -0.15) is 26.3 Å². The summed E-state index contributed by atoms with van der Waals surface area (Å²) >= 11 is 5.86. The fraction of sp³-hybridized carbons (Fsp3) is 0.370. The van der Waals surface area contributed by atoms with Gasteiger partial charge in [0.05, 0.1) is 31.6 Å². The molecule has 44 heavy (non-hydrogen) atoms. The molecule has 0 saturated heterocycles. The number of nitrogens with one attached hydrogen (secondary N) is 1. The van der Waals surface area contributed by atoms with Gasteiger partial charge in [0.1, 0.15) is 6.54 Å². The van der Waals surface area contributed by atoms with Crippen LogP contribution in [0.25, 0.3) is 11.4 Å². The van der Waals surface area contributed by atoms with Gasteiger partial charge in [-0.05, 0) is 35.9 Å². The smallest absolute Gasteiger partial charge is 0.416 e. The molecule has 0 aliphatic heterocycles. The number of ether oxygens (including phenoxy) is 1. The average Bonchev–Trinajstić information content (AvgIpc) is 3.25. The van der Waals surface area contributed by atoms with E-state index in [0.29, 0.717) is 15.3 Å². The second-order valence-corrected chi connectivity index (χ2v) is 9.91. The number of amides is 1. The summed E-state index contributed by atoms with van der Waals surface area (Å²) in [6, 6.07) is 9.08. The van der Waals surface area contributed by atoms with Crippen molar-refractivity contribution in [2.24, 2.45) is 0 Å². The molecule has 0 radical (unpaired) electrons. The van der Waals surface area contributed by atoms with E-state index in [1.807, 2.05) is 0 Å². The Morgan fingerprint density at radius 3 is 2.32 bits per heavy atom. The first kappa shape index (κ1) is 34.3. The van der Waals surface area contributed by atoms with Gasteiger partial charge in [-0.15, -0.1) is 5.10 Å². The molecule has 1 unspecified atom stereocenters. The number of benzene rings is 2. The molecule has 3 rings (SSSR count). The highest BCUT2D eigenvalue weighted by Crippen LogP contribution is 2.32. The molecule has 0 aliphatic rings. The third-order valence-corrected chi connectivity index (χ3v) is 6.56. The van der Waals surface area contributed by atoms with Crippen LogP contribution in [0.4, 0.5) is 26.3 Å². The third kappa shape index (κ3) is 8.92. The van der Waals surface area contributed by atoms with Crippen molar-refractivity contribution < 1.29 is 50.6 Å². The van der Waals surface area contributed by atoms with Crippen molar-refractivity contribution in [1.29, 1.82) is 0 Å². The van der Waals surface area contributed by atoms with Crippen molar-refractivity contribution in [3.63, 3.8) is 0 Å². The van der Waals surface area contributed by atoms with E-state index in [4.69, 9.17) is 11.6 Å². The van der Waals surface area contributed by atoms with Crippen molar-refractivity contribution in [1.82, 2.24) is 19.7 Å². The Labute approximate surface area is 250 Å². The van der Waals surface area contributed by atoms with E-state index in [9.17, 15) is 50.6 Å². The molecule has 0 aliphatic carbocycles. The number of aliphatic hydroxyl groups excluding tert-OH is 1. The fourth-order valence-electron chi connectivity index (χ4n) is 4.06. The lowest BCUT2D eigenvalue weighted by Crippen LogP contribution is -2.37. The Balaban J connectivity index is 1.94. The molecule has 1 heterocycles. The number of esters is 1. The molecule has 0 fully saturated rings. The number of Topliss-reactive ketones (excluding diaryl/α,β-unsaturated/α-hetero) is 1. The quantitative estimate of drug-likeness (QED) is 0.226. The predicted octanol–water partition coefficient (Wildman–Crippen LogP) is 3.73. The Morgan fingerprint density at radius 1 is 1.07 bits per heavy atom. The predicted molar refractivity (Wildman–Crippen MR) is 142 cm³/mol. The van der Waals surface area contributed by atoms with Gasteiger partial charge < -0.3 is 15.2 Å². The Morgan fingerprint density at radius 2 is 1.73 bits per heavy atom. The summed E-state index contributed by atoms with van der Waals surface area (Å²) in [5.41, 5.74) is -2.37. The SMILES string of the molecule is COC(=O)CCNC(=O)C(CC(=O)Cn1nc(-c2ccc(Cl)cc2)n(C[C@H](O)C(F)(F)F)c1=O)c1cccc(C(F)(F)F)c1. The molecule has 1 aromatic heterocycles. The number of carbonyl (C=O) groups excluding carboxylic acids is 3. The van der Waals surface area contributed by atoms with E-state index >= 15 is 0 Å². The molecule has 238 valence electrons. The molecule has 0 saturated carbocycles. The van der Waals surface area contributed by atoms with E-state index in [2.05, 4.69) is 15.2 Å². The lowest BCUT2D eigenvalue weighted by atomic mass is 9.91. The Hall–Kier alpha value is -4.18. The number of hydrogen-bond acceptors (Lipinski definition) is 7. The van der Waals surface area contributed by atoms with Crippen LogP contribution in [0.1, 0.15) is 29.9 Å². The highest BCUT2D eigenvalue weighted by Gasteiger charge is 2.39. The summed E-state index contributed by atoms with van der Waals surface area (Å²) in [5.74, 6) is -4.32. The van der Waals surface area contributed by atoms with Crippen LogP contribution in [0, 0.1) is 0 Å². The van der Waals surface area contributed by atoms with E-state index in [1.54, 1.807) is 0 Å². The Kier molecular flexibility index (Phi) is 11.0. The lowest BCUT2D eigenvalue weighted by Gasteiger charge is -2.18. The molecule has 17 heteroatoms. The molecule has 0 spiro atoms. The van der Waals surface area contributed by atoms with Gasteiger partial charge in [-0.1, -0.05) is 29.8 Å². The molecular weight excluding hydrogens is 626 g/mol. The maximum absolute atomic E-state index is 13.4. The van der Waals surface area contributed by atoms with Gasteiger partial charge in [0.2, 0.25) is 5.91 Å². The largest absolute Gasteiger partial charge is 0.469 e. The number of rotatable bonds is 12. The highest BCUT2D eigenvalue weighted by molar-refractivity contribution is 6.30. The van der Waals surface area contributed by atoms with Crippen molar-refractivity contribution >= 4 is 29.3 Å². The number of alkyl halides is 6. The first-order valence-corrected chi connectivity index (χ1v) is 13.1. The third-order valence-electron chi connectivity index (χ3n) is 6.31. The van der Waals surface area contributed by atoms with Crippen molar-refractivity contribution in [3.05, 3.63) is 75.2 Å². The molecule has 2 aromatic carbocycles. The first-order valence-electron chi connectivity index (χ1n) is 12.7. The standard InChI is InChI=1S/C27H25ClF6N4O6/c1-44-22(41)9-10-35-24(42)20(16-3-2-4-17(11-16)26(29,30)31)12-19(39)13-38-25(43)37(14-21(40)27(32,33)34)23(36-38)15-5-7-18(28)8-6-15/h2-8,11,20-21,40H,9-10,12-14H2,1H3,(H,35,42)/t20?,21-/m0/s1. The van der Waals surface area contributed by atoms with E-state index in [0.717, 1.165) is 19.2 Å². The summed E-state index contributed by atoms with van der Waals surface area (Å²) in [5, 5.41) is 16.2. The zero-order valence-corrected chi connectivity index (χ0v) is 23.5. The fourth-order valence-corrected chi connectivity index (χ4v) is 4.19. The van der Waals surface area contributed by atoms with Crippen LogP contribution in [0.2, 0.25) is 5.02 Å². The van der Waals surface area contributed by atoms with Crippen LogP contribution in [0.15, 0.2) is 53.3 Å². The van der Waals surface area contributed by atoms with Gasteiger partial charge in [0.15, 0.2) is 17.7 Å². The number of aliphatic hydroxyl groups is 1. The lowest BCUT2D eigenvalue weighted by molar-refractivity contribution is -0.207. The molecule has 2 N–H and O–H groups in total. The molecule has 3 aromatic rings. The highest BCUT2D eigenvalue weighted by atomic mass is 35.5. The van der Waals surface area contributed by atoms with Gasteiger partial charge in [-0.3, -0.25) is 19.0 Å². The molecular formula is C27H25ClF6N4O6. The minimum atomic E-state index is -5.09. The topological polar surface area (TPSA) is 133 Å². The summed E-state index contributed by atoms with van der Waals surface area (Å²) < 4.78 is 84.9. The van der Waals surface area contributed by atoms with Crippen molar-refractivity contribution in [2.75, 3.05) is 13.7 Å². The Bertz CT molecular complexity index is 1550. The summed E-state index contributed by atoms with van der Waals surface area (Å²) in [6.45, 7) is -2.39. The summed E-state index contributed by atoms with van der Waals surface area (Å²) in [4.78, 5) is 50.6. The van der Waals surface area contributed by atoms with E-state index < -0.39 is 72.8 Å². The molecule has 1 amide bonds. The zero-order chi connectivity index (χ0) is 32.8. The molecule has 10 nitrogen and oxygen atoms in total. The van der Waals surface area contributed by atoms with E-state index in [1.165, 1.54) is 30.3 Å². The molecule has 0 bridgehead atoms. The maximum Gasteiger partial charge on any atom is 0.416 e. The van der Waals surface area contributed by atoms with E-state index in [-0.39, 0.29) is 34.9 Å². The van der Waals surface area contributed by atoms with Crippen LogP contribution in [-0.4, -0.2) is 63.0 Å². The number of carbonyl (C=O) groups is 3. The monoisotopic (exact) mass is 650 g/mol. The van der Waals surface area contributed by atoms with Crippen LogP contribution in [-0.2, 0) is 38.4 Å². The minimum absolute atomic E-state index is 0.124. The second kappa shape index (κ2) is 14.1.